The molecular formula is C9H8N2O2S. The first-order chi connectivity index (χ1) is 6.79. The molecule has 72 valence electrons. The first-order valence-electron chi connectivity index (χ1n) is 4.05. The smallest absolute Gasteiger partial charge is 0.288 e. The van der Waals surface area contributed by atoms with Crippen molar-refractivity contribution in [3.8, 4) is 0 Å². The Morgan fingerprint density at radius 3 is 3.00 bits per heavy atom. The number of rotatable bonds is 1. The molecule has 0 radical (unpaired) electrons. The third kappa shape index (κ3) is 1.72. The number of para-hydroxylation sites is 2. The molecule has 0 atom stereocenters. The lowest BCUT2D eigenvalue weighted by molar-refractivity contribution is 0.262. The second-order valence-corrected chi connectivity index (χ2v) is 3.51. The number of amides is 1. The Bertz CT molecular complexity index is 434. The number of benzene rings is 1. The molecule has 5 heteroatoms. The van der Waals surface area contributed by atoms with E-state index in [9.17, 15) is 4.79 Å². The van der Waals surface area contributed by atoms with Gasteiger partial charge in [-0.2, -0.15) is 0 Å². The predicted octanol–water partition coefficient (Wildman–Crippen LogP) is 2.26. The van der Waals surface area contributed by atoms with E-state index in [1.807, 2.05) is 24.3 Å². The van der Waals surface area contributed by atoms with Gasteiger partial charge in [0.25, 0.3) is 10.5 Å². The first kappa shape index (κ1) is 9.08. The zero-order valence-electron chi connectivity index (χ0n) is 7.48. The van der Waals surface area contributed by atoms with E-state index in [1.54, 1.807) is 7.05 Å². The van der Waals surface area contributed by atoms with Crippen molar-refractivity contribution in [2.45, 2.75) is 5.22 Å². The molecule has 0 aliphatic heterocycles. The fraction of sp³-hybridized carbons (Fsp3) is 0.111. The molecule has 0 saturated heterocycles. The van der Waals surface area contributed by atoms with Crippen LogP contribution in [0.25, 0.3) is 11.1 Å². The molecule has 1 heterocycles. The summed E-state index contributed by atoms with van der Waals surface area (Å²) in [7, 11) is 1.57. The highest BCUT2D eigenvalue weighted by atomic mass is 32.2. The summed E-state index contributed by atoms with van der Waals surface area (Å²) in [6, 6.07) is 7.39. The third-order valence-corrected chi connectivity index (χ3v) is 2.40. The molecule has 0 saturated carbocycles. The molecule has 0 unspecified atom stereocenters. The van der Waals surface area contributed by atoms with Crippen LogP contribution in [0.5, 0.6) is 0 Å². The van der Waals surface area contributed by atoms with E-state index >= 15 is 0 Å². The molecule has 1 aromatic carbocycles. The molecule has 2 rings (SSSR count). The second kappa shape index (κ2) is 3.71. The van der Waals surface area contributed by atoms with Crippen molar-refractivity contribution < 1.29 is 9.21 Å². The summed E-state index contributed by atoms with van der Waals surface area (Å²) in [6.07, 6.45) is 0. The van der Waals surface area contributed by atoms with E-state index in [-0.39, 0.29) is 5.24 Å². The number of oxazole rings is 1. The Hall–Kier alpha value is -1.49. The van der Waals surface area contributed by atoms with E-state index in [0.29, 0.717) is 10.8 Å². The molecule has 0 spiro atoms. The standard InChI is InChI=1S/C9H8N2O2S/c1-10-8(12)14-9-11-6-4-2-3-5-7(6)13-9/h2-5H,1H3,(H,10,12). The number of hydrogen-bond acceptors (Lipinski definition) is 4. The van der Waals surface area contributed by atoms with Crippen molar-refractivity contribution in [3.05, 3.63) is 24.3 Å². The van der Waals surface area contributed by atoms with Gasteiger partial charge in [0.15, 0.2) is 5.58 Å². The summed E-state index contributed by atoms with van der Waals surface area (Å²) in [5, 5.41) is 2.66. The lowest BCUT2D eigenvalue weighted by Gasteiger charge is -1.91. The molecule has 0 aliphatic carbocycles. The topological polar surface area (TPSA) is 55.1 Å². The van der Waals surface area contributed by atoms with Crippen LogP contribution in [0.4, 0.5) is 4.79 Å². The maximum atomic E-state index is 11.0. The van der Waals surface area contributed by atoms with Gasteiger partial charge < -0.3 is 9.73 Å². The molecule has 2 aromatic rings. The van der Waals surface area contributed by atoms with E-state index in [2.05, 4.69) is 10.3 Å². The van der Waals surface area contributed by atoms with Gasteiger partial charge in [-0.3, -0.25) is 4.79 Å². The summed E-state index contributed by atoms with van der Waals surface area (Å²) in [5.74, 6) is 0. The summed E-state index contributed by atoms with van der Waals surface area (Å²) < 4.78 is 5.33. The van der Waals surface area contributed by atoms with Crippen LogP contribution >= 0.6 is 11.8 Å². The predicted molar refractivity (Wildman–Crippen MR) is 54.3 cm³/mol. The van der Waals surface area contributed by atoms with Crippen LogP contribution in [-0.4, -0.2) is 17.3 Å². The Labute approximate surface area is 84.7 Å². The van der Waals surface area contributed by atoms with Crippen molar-refractivity contribution in [1.29, 1.82) is 0 Å². The van der Waals surface area contributed by atoms with Gasteiger partial charge in [0.2, 0.25) is 0 Å². The number of aromatic nitrogens is 1. The highest BCUT2D eigenvalue weighted by molar-refractivity contribution is 8.13. The zero-order chi connectivity index (χ0) is 9.97. The fourth-order valence-electron chi connectivity index (χ4n) is 1.03. The average Bonchev–Trinajstić information content (AvgIpc) is 2.59. The number of fused-ring (bicyclic) bond motifs is 1. The minimum absolute atomic E-state index is 0.184. The summed E-state index contributed by atoms with van der Waals surface area (Å²) >= 11 is 0.942. The van der Waals surface area contributed by atoms with Gasteiger partial charge in [-0.1, -0.05) is 12.1 Å². The van der Waals surface area contributed by atoms with Gasteiger partial charge in [0.05, 0.1) is 0 Å². The third-order valence-electron chi connectivity index (χ3n) is 1.66. The van der Waals surface area contributed by atoms with Crippen LogP contribution in [-0.2, 0) is 0 Å². The normalized spacial score (nSPS) is 10.4. The van der Waals surface area contributed by atoms with E-state index < -0.39 is 0 Å². The van der Waals surface area contributed by atoms with Crippen LogP contribution in [0.15, 0.2) is 33.9 Å². The van der Waals surface area contributed by atoms with Crippen molar-refractivity contribution >= 4 is 28.1 Å². The van der Waals surface area contributed by atoms with Crippen molar-refractivity contribution in [2.75, 3.05) is 7.05 Å². The maximum Gasteiger partial charge on any atom is 0.288 e. The Morgan fingerprint density at radius 2 is 2.29 bits per heavy atom. The lowest BCUT2D eigenvalue weighted by Crippen LogP contribution is -2.10. The van der Waals surface area contributed by atoms with Crippen molar-refractivity contribution in [2.24, 2.45) is 0 Å². The Balaban J connectivity index is 2.31. The van der Waals surface area contributed by atoms with Crippen LogP contribution in [0.1, 0.15) is 0 Å². The Morgan fingerprint density at radius 1 is 1.50 bits per heavy atom. The molecule has 1 N–H and O–H groups in total. The fourth-order valence-corrected chi connectivity index (χ4v) is 1.56. The largest absolute Gasteiger partial charge is 0.431 e. The van der Waals surface area contributed by atoms with Crippen molar-refractivity contribution in [3.63, 3.8) is 0 Å². The average molecular weight is 208 g/mol. The molecule has 0 fully saturated rings. The van der Waals surface area contributed by atoms with E-state index in [0.717, 1.165) is 17.3 Å². The number of nitrogens with one attached hydrogen (secondary N) is 1. The molecule has 4 nitrogen and oxygen atoms in total. The van der Waals surface area contributed by atoms with E-state index in [1.165, 1.54) is 0 Å². The van der Waals surface area contributed by atoms with Gasteiger partial charge in [0.1, 0.15) is 5.52 Å². The van der Waals surface area contributed by atoms with Crippen LogP contribution in [0, 0.1) is 0 Å². The SMILES string of the molecule is CNC(=O)Sc1nc2ccccc2o1. The molecule has 1 amide bonds. The van der Waals surface area contributed by atoms with Crippen molar-refractivity contribution in [1.82, 2.24) is 10.3 Å². The molecule has 0 aliphatic rings. The molecule has 0 bridgehead atoms. The lowest BCUT2D eigenvalue weighted by atomic mass is 10.3. The summed E-state index contributed by atoms with van der Waals surface area (Å²) in [4.78, 5) is 15.1. The molecule has 14 heavy (non-hydrogen) atoms. The van der Waals surface area contributed by atoms with Crippen LogP contribution in [0.2, 0.25) is 0 Å². The van der Waals surface area contributed by atoms with E-state index in [4.69, 9.17) is 4.42 Å². The van der Waals surface area contributed by atoms with Gasteiger partial charge in [-0.05, 0) is 12.1 Å². The van der Waals surface area contributed by atoms with Gasteiger partial charge in [0, 0.05) is 18.8 Å². The quantitative estimate of drug-likeness (QED) is 0.730. The highest BCUT2D eigenvalue weighted by Crippen LogP contribution is 2.23. The van der Waals surface area contributed by atoms with Gasteiger partial charge in [-0.25, -0.2) is 4.98 Å². The minimum atomic E-state index is -0.184. The second-order valence-electron chi connectivity index (χ2n) is 2.59. The molecular weight excluding hydrogens is 200 g/mol. The minimum Gasteiger partial charge on any atom is -0.431 e. The van der Waals surface area contributed by atoms with Crippen LogP contribution < -0.4 is 5.32 Å². The van der Waals surface area contributed by atoms with Gasteiger partial charge in [-0.15, -0.1) is 0 Å². The Kier molecular flexibility index (Phi) is 2.41. The summed E-state index contributed by atoms with van der Waals surface area (Å²) in [6.45, 7) is 0. The monoisotopic (exact) mass is 208 g/mol. The highest BCUT2D eigenvalue weighted by Gasteiger charge is 2.09. The zero-order valence-corrected chi connectivity index (χ0v) is 8.30. The summed E-state index contributed by atoms with van der Waals surface area (Å²) in [5.41, 5.74) is 1.46. The molecule has 1 aromatic heterocycles. The maximum absolute atomic E-state index is 11.0. The number of nitrogens with zero attached hydrogens (tertiary/aromatic N) is 1. The van der Waals surface area contributed by atoms with Gasteiger partial charge >= 0.3 is 0 Å². The number of carbonyl (C=O) groups excluding carboxylic acids is 1. The first-order valence-corrected chi connectivity index (χ1v) is 4.86. The number of hydrogen-bond donors (Lipinski definition) is 1. The van der Waals surface area contributed by atoms with Crippen LogP contribution in [0.3, 0.4) is 0 Å². The number of carbonyl (C=O) groups is 1. The number of thioether (sulfide) groups is 1.